The van der Waals surface area contributed by atoms with Gasteiger partial charge in [-0.3, -0.25) is 0 Å². The molecule has 5 heteroatoms. The number of nitrogens with zero attached hydrogens (tertiary/aromatic N) is 3. The lowest BCUT2D eigenvalue weighted by atomic mass is 9.77. The maximum Gasteiger partial charge on any atom is 0.218 e. The second-order valence-electron chi connectivity index (χ2n) is 5.44. The summed E-state index contributed by atoms with van der Waals surface area (Å²) in [7, 11) is 1.59. The first-order valence-corrected chi connectivity index (χ1v) is 6.87. The Morgan fingerprint density at radius 2 is 2.21 bits per heavy atom. The Labute approximate surface area is 112 Å². The average Bonchev–Trinajstić information content (AvgIpc) is 2.49. The first-order chi connectivity index (χ1) is 9.31. The van der Waals surface area contributed by atoms with E-state index >= 15 is 0 Å². The number of fused-ring (bicyclic) bond motifs is 3. The summed E-state index contributed by atoms with van der Waals surface area (Å²) in [6.07, 6.45) is 2.54. The summed E-state index contributed by atoms with van der Waals surface area (Å²) in [6.45, 7) is 3.68. The lowest BCUT2D eigenvalue weighted by Crippen LogP contribution is -2.46. The van der Waals surface area contributed by atoms with Crippen molar-refractivity contribution in [3.63, 3.8) is 0 Å². The van der Waals surface area contributed by atoms with Gasteiger partial charge in [-0.2, -0.15) is 4.91 Å². The molecule has 4 heterocycles. The van der Waals surface area contributed by atoms with Crippen LogP contribution in [0.4, 0.5) is 0 Å². The zero-order valence-corrected chi connectivity index (χ0v) is 11.2. The molecule has 2 bridgehead atoms. The predicted molar refractivity (Wildman–Crippen MR) is 72.2 cm³/mol. The second-order valence-corrected chi connectivity index (χ2v) is 5.44. The first kappa shape index (κ1) is 12.5. The number of pyridine rings is 1. The van der Waals surface area contributed by atoms with E-state index < -0.39 is 0 Å². The number of hydrogen-bond acceptors (Lipinski definition) is 5. The molecule has 4 rings (SSSR count). The summed E-state index contributed by atoms with van der Waals surface area (Å²) < 4.78 is 5.29. The average molecular weight is 261 g/mol. The fourth-order valence-corrected chi connectivity index (χ4v) is 3.36. The quantitative estimate of drug-likeness (QED) is 0.779. The van der Waals surface area contributed by atoms with Crippen molar-refractivity contribution in [3.05, 3.63) is 28.3 Å². The van der Waals surface area contributed by atoms with Crippen LogP contribution in [0.25, 0.3) is 0 Å². The van der Waals surface area contributed by atoms with Crippen molar-refractivity contribution in [2.45, 2.75) is 25.3 Å². The van der Waals surface area contributed by atoms with E-state index in [1.165, 1.54) is 25.9 Å². The van der Waals surface area contributed by atoms with Crippen LogP contribution in [0.2, 0.25) is 0 Å². The molecule has 0 amide bonds. The monoisotopic (exact) mass is 261 g/mol. The Bertz CT molecular complexity index is 470. The van der Waals surface area contributed by atoms with Gasteiger partial charge in [0.15, 0.2) is 0 Å². The molecule has 5 nitrogen and oxygen atoms in total. The first-order valence-electron chi connectivity index (χ1n) is 6.87. The molecule has 0 aromatic carbocycles. The normalized spacial score (nSPS) is 29.2. The minimum absolute atomic E-state index is 0.122. The fraction of sp³-hybridized carbons (Fsp3) is 0.643. The van der Waals surface area contributed by atoms with E-state index in [-0.39, 0.29) is 6.54 Å². The molecule has 1 atom stereocenters. The minimum Gasteiger partial charge on any atom is -0.481 e. The Morgan fingerprint density at radius 1 is 1.42 bits per heavy atom. The molecule has 3 aliphatic rings. The third-order valence-corrected chi connectivity index (χ3v) is 4.42. The third-order valence-electron chi connectivity index (χ3n) is 4.42. The number of methoxy groups -OCH3 is 1. The van der Waals surface area contributed by atoms with Crippen LogP contribution in [0.3, 0.4) is 0 Å². The van der Waals surface area contributed by atoms with E-state index in [4.69, 9.17) is 4.74 Å². The third kappa shape index (κ3) is 2.34. The summed E-state index contributed by atoms with van der Waals surface area (Å²) in [5, 5.41) is 2.92. The largest absolute Gasteiger partial charge is 0.481 e. The van der Waals surface area contributed by atoms with Gasteiger partial charge < -0.3 is 9.64 Å². The van der Waals surface area contributed by atoms with Crippen molar-refractivity contribution < 1.29 is 4.74 Å². The molecule has 1 unspecified atom stereocenters. The second kappa shape index (κ2) is 5.25. The topological polar surface area (TPSA) is 54.8 Å². The molecule has 3 aliphatic heterocycles. The van der Waals surface area contributed by atoms with Gasteiger partial charge in [-0.05, 0) is 44.0 Å². The zero-order valence-electron chi connectivity index (χ0n) is 11.2. The van der Waals surface area contributed by atoms with E-state index in [9.17, 15) is 4.91 Å². The SMILES string of the molecule is COc1nc(C2CN3CCC2CC3)ccc1CN=O. The van der Waals surface area contributed by atoms with Crippen LogP contribution in [0.1, 0.15) is 30.0 Å². The molecular formula is C14H19N3O2. The highest BCUT2D eigenvalue weighted by Gasteiger charge is 2.35. The van der Waals surface area contributed by atoms with Crippen molar-refractivity contribution >= 4 is 0 Å². The number of piperidine rings is 3. The van der Waals surface area contributed by atoms with Gasteiger partial charge in [-0.25, -0.2) is 4.98 Å². The van der Waals surface area contributed by atoms with Crippen molar-refractivity contribution in [1.29, 1.82) is 0 Å². The van der Waals surface area contributed by atoms with Crippen LogP contribution < -0.4 is 4.74 Å². The van der Waals surface area contributed by atoms with Crippen molar-refractivity contribution in [3.8, 4) is 5.88 Å². The van der Waals surface area contributed by atoms with E-state index in [1.54, 1.807) is 7.11 Å². The van der Waals surface area contributed by atoms with Gasteiger partial charge in [0.05, 0.1) is 7.11 Å². The van der Waals surface area contributed by atoms with Gasteiger partial charge >= 0.3 is 0 Å². The zero-order chi connectivity index (χ0) is 13.2. The Morgan fingerprint density at radius 3 is 2.79 bits per heavy atom. The van der Waals surface area contributed by atoms with Crippen LogP contribution in [0, 0.1) is 10.8 Å². The number of hydrogen-bond donors (Lipinski definition) is 0. The van der Waals surface area contributed by atoms with E-state index in [0.717, 1.165) is 23.7 Å². The maximum atomic E-state index is 10.4. The maximum absolute atomic E-state index is 10.4. The Hall–Kier alpha value is -1.49. The molecule has 0 aliphatic carbocycles. The highest BCUT2D eigenvalue weighted by Crippen LogP contribution is 2.38. The van der Waals surface area contributed by atoms with E-state index in [2.05, 4.69) is 15.1 Å². The highest BCUT2D eigenvalue weighted by molar-refractivity contribution is 5.30. The Balaban J connectivity index is 1.86. The number of rotatable bonds is 4. The molecule has 1 aromatic heterocycles. The van der Waals surface area contributed by atoms with Gasteiger partial charge in [-0.15, -0.1) is 0 Å². The number of aromatic nitrogens is 1. The summed E-state index contributed by atoms with van der Waals surface area (Å²) in [4.78, 5) is 17.5. The number of nitroso groups, excluding NO2 is 1. The molecule has 0 N–H and O–H groups in total. The molecule has 102 valence electrons. The van der Waals surface area contributed by atoms with Gasteiger partial charge in [0, 0.05) is 23.7 Å². The highest BCUT2D eigenvalue weighted by atomic mass is 16.5. The van der Waals surface area contributed by atoms with Gasteiger partial charge in [-0.1, -0.05) is 5.18 Å². The summed E-state index contributed by atoms with van der Waals surface area (Å²) in [5.41, 5.74) is 1.86. The summed E-state index contributed by atoms with van der Waals surface area (Å²) in [5.74, 6) is 1.81. The molecular weight excluding hydrogens is 242 g/mol. The molecule has 0 spiro atoms. The molecule has 0 saturated carbocycles. The molecule has 3 saturated heterocycles. The molecule has 3 fully saturated rings. The van der Waals surface area contributed by atoms with Crippen molar-refractivity contribution in [1.82, 2.24) is 9.88 Å². The number of ether oxygens (including phenoxy) is 1. The Kier molecular flexibility index (Phi) is 3.46. The van der Waals surface area contributed by atoms with Crippen LogP contribution >= 0.6 is 0 Å². The van der Waals surface area contributed by atoms with Crippen LogP contribution in [-0.2, 0) is 6.54 Å². The fourth-order valence-electron chi connectivity index (χ4n) is 3.36. The van der Waals surface area contributed by atoms with Gasteiger partial charge in [0.25, 0.3) is 0 Å². The lowest BCUT2D eigenvalue weighted by Gasteiger charge is -2.44. The van der Waals surface area contributed by atoms with Gasteiger partial charge in [0.1, 0.15) is 6.54 Å². The smallest absolute Gasteiger partial charge is 0.218 e. The molecule has 1 aromatic rings. The van der Waals surface area contributed by atoms with E-state index in [1.807, 2.05) is 12.1 Å². The van der Waals surface area contributed by atoms with Crippen LogP contribution in [-0.4, -0.2) is 36.6 Å². The van der Waals surface area contributed by atoms with Crippen LogP contribution in [0.15, 0.2) is 17.3 Å². The van der Waals surface area contributed by atoms with Gasteiger partial charge in [0.2, 0.25) is 5.88 Å². The molecule has 19 heavy (non-hydrogen) atoms. The minimum atomic E-state index is 0.122. The predicted octanol–water partition coefficient (Wildman–Crippen LogP) is 2.17. The van der Waals surface area contributed by atoms with Crippen molar-refractivity contribution in [2.24, 2.45) is 11.1 Å². The lowest BCUT2D eigenvalue weighted by molar-refractivity contribution is 0.0852. The van der Waals surface area contributed by atoms with Crippen molar-refractivity contribution in [2.75, 3.05) is 26.7 Å². The summed E-state index contributed by atoms with van der Waals surface area (Å²) >= 11 is 0. The van der Waals surface area contributed by atoms with E-state index in [0.29, 0.717) is 11.8 Å². The van der Waals surface area contributed by atoms with Crippen LogP contribution in [0.5, 0.6) is 5.88 Å². The summed E-state index contributed by atoms with van der Waals surface area (Å²) in [6, 6.07) is 3.97. The molecule has 0 radical (unpaired) electrons. The standard InChI is InChI=1S/C14H19N3O2/c1-19-14-11(8-15-18)2-3-13(16-14)12-9-17-6-4-10(12)5-7-17/h2-3,10,12H,4-9H2,1H3.